The maximum atomic E-state index is 13.9. The Morgan fingerprint density at radius 2 is 1.59 bits per heavy atom. The van der Waals surface area contributed by atoms with Crippen LogP contribution in [-0.4, -0.2) is 68.3 Å². The van der Waals surface area contributed by atoms with Gasteiger partial charge in [0.05, 0.1) is 16.6 Å². The summed E-state index contributed by atoms with van der Waals surface area (Å²) in [5, 5.41) is -0.116. The Kier molecular flexibility index (Phi) is 7.50. The molecular formula is C28H28Cl2N4O4S. The number of halogens is 2. The van der Waals surface area contributed by atoms with Gasteiger partial charge < -0.3 is 9.80 Å². The number of carbonyl (C=O) groups is 2. The van der Waals surface area contributed by atoms with E-state index in [0.717, 1.165) is 16.8 Å². The molecule has 8 nitrogen and oxygen atoms in total. The lowest BCUT2D eigenvalue weighted by atomic mass is 10.1. The van der Waals surface area contributed by atoms with Crippen molar-refractivity contribution < 1.29 is 18.0 Å². The van der Waals surface area contributed by atoms with Crippen molar-refractivity contribution >= 4 is 56.5 Å². The average molecular weight is 588 g/mol. The lowest BCUT2D eigenvalue weighted by Crippen LogP contribution is -2.55. The Balaban J connectivity index is 1.42. The van der Waals surface area contributed by atoms with Crippen molar-refractivity contribution in [3.63, 3.8) is 0 Å². The smallest absolute Gasteiger partial charge is 0.339 e. The van der Waals surface area contributed by atoms with Crippen LogP contribution in [0.5, 0.6) is 0 Å². The van der Waals surface area contributed by atoms with Gasteiger partial charge in [-0.3, -0.25) is 9.69 Å². The van der Waals surface area contributed by atoms with Crippen LogP contribution in [0.4, 0.5) is 16.2 Å². The van der Waals surface area contributed by atoms with Gasteiger partial charge >= 0.3 is 6.03 Å². The third-order valence-electron chi connectivity index (χ3n) is 7.17. The Morgan fingerprint density at radius 3 is 2.28 bits per heavy atom. The molecule has 0 radical (unpaired) electrons. The number of carbonyl (C=O) groups excluding carboxylic acids is 2. The highest BCUT2D eigenvalue weighted by Crippen LogP contribution is 2.35. The molecule has 0 bridgehead atoms. The normalized spacial score (nSPS) is 18.2. The number of sulfonamides is 1. The summed E-state index contributed by atoms with van der Waals surface area (Å²) in [5.74, 6) is -0.303. The van der Waals surface area contributed by atoms with Crippen molar-refractivity contribution in [2.45, 2.75) is 24.8 Å². The van der Waals surface area contributed by atoms with Crippen LogP contribution in [0, 0.1) is 13.8 Å². The lowest BCUT2D eigenvalue weighted by Gasteiger charge is -2.38. The van der Waals surface area contributed by atoms with E-state index in [9.17, 15) is 18.0 Å². The monoisotopic (exact) mass is 586 g/mol. The van der Waals surface area contributed by atoms with Crippen molar-refractivity contribution in [2.24, 2.45) is 0 Å². The van der Waals surface area contributed by atoms with Gasteiger partial charge in [0.2, 0.25) is 5.91 Å². The number of aryl methyl sites for hydroxylation is 2. The molecule has 0 N–H and O–H groups in total. The molecule has 1 atom stereocenters. The zero-order valence-corrected chi connectivity index (χ0v) is 23.9. The molecule has 2 heterocycles. The van der Waals surface area contributed by atoms with Gasteiger partial charge in [0.1, 0.15) is 10.9 Å². The first-order valence-corrected chi connectivity index (χ1v) is 14.7. The van der Waals surface area contributed by atoms with Crippen LogP contribution in [0.1, 0.15) is 11.1 Å². The first-order chi connectivity index (χ1) is 18.6. The lowest BCUT2D eigenvalue weighted by molar-refractivity contribution is -0.132. The zero-order chi connectivity index (χ0) is 27.9. The topological polar surface area (TPSA) is 81.2 Å². The minimum atomic E-state index is -4.39. The molecular weight excluding hydrogens is 559 g/mol. The number of hydrogen-bond acceptors (Lipinski definition) is 5. The van der Waals surface area contributed by atoms with E-state index >= 15 is 0 Å². The predicted octanol–water partition coefficient (Wildman–Crippen LogP) is 4.96. The highest BCUT2D eigenvalue weighted by atomic mass is 35.5. The summed E-state index contributed by atoms with van der Waals surface area (Å²) in [6.07, 6.45) is 0. The number of anilines is 2. The molecule has 2 saturated heterocycles. The van der Waals surface area contributed by atoms with Crippen LogP contribution in [-0.2, 0) is 14.8 Å². The van der Waals surface area contributed by atoms with Gasteiger partial charge in [-0.25, -0.2) is 17.5 Å². The second kappa shape index (κ2) is 10.7. The maximum absolute atomic E-state index is 13.9. The van der Waals surface area contributed by atoms with Crippen molar-refractivity contribution in [2.75, 3.05) is 42.5 Å². The number of nitrogens with zero attached hydrogens (tertiary/aromatic N) is 4. The summed E-state index contributed by atoms with van der Waals surface area (Å²) in [5.41, 5.74) is 3.90. The number of benzene rings is 3. The number of amides is 3. The Bertz CT molecular complexity index is 1530. The molecule has 2 aliphatic heterocycles. The van der Waals surface area contributed by atoms with Crippen LogP contribution in [0.15, 0.2) is 71.6 Å². The molecule has 5 rings (SSSR count). The first-order valence-electron chi connectivity index (χ1n) is 12.6. The molecule has 3 amide bonds. The number of para-hydroxylation sites is 1. The third-order valence-corrected chi connectivity index (χ3v) is 9.88. The molecule has 0 spiro atoms. The maximum Gasteiger partial charge on any atom is 0.339 e. The van der Waals surface area contributed by atoms with E-state index in [1.807, 2.05) is 6.92 Å². The summed E-state index contributed by atoms with van der Waals surface area (Å²) in [6, 6.07) is 17.3. The Labute approximate surface area is 238 Å². The van der Waals surface area contributed by atoms with Gasteiger partial charge in [0, 0.05) is 37.6 Å². The molecule has 11 heteroatoms. The summed E-state index contributed by atoms with van der Waals surface area (Å²) in [4.78, 5) is 32.4. The molecule has 0 aliphatic carbocycles. The number of hydrogen-bond donors (Lipinski definition) is 0. The molecule has 3 aromatic rings. The van der Waals surface area contributed by atoms with Crippen molar-refractivity contribution in [3.05, 3.63) is 87.9 Å². The number of urea groups is 1. The summed E-state index contributed by atoms with van der Waals surface area (Å²) in [7, 11) is -4.39. The van der Waals surface area contributed by atoms with Gasteiger partial charge in [-0.05, 0) is 55.3 Å². The van der Waals surface area contributed by atoms with Crippen LogP contribution in [0.2, 0.25) is 10.0 Å². The standard InChI is InChI=1S/C28H28Cl2N4O4S/c1-19-11-12-20(2)23(17-19)31-13-15-32(16-14-31)27(35)24-18-33(28(36)34(24)21-7-4-3-5-8-21)39(37,38)25-10-6-9-22(29)26(25)30/h3-12,17,24H,13-16,18H2,1-2H3/t24-/m0/s1. The van der Waals surface area contributed by atoms with Gasteiger partial charge in [-0.15, -0.1) is 0 Å². The van der Waals surface area contributed by atoms with E-state index in [4.69, 9.17) is 23.2 Å². The second-order valence-electron chi connectivity index (χ2n) is 9.69. The molecule has 3 aromatic carbocycles. The van der Waals surface area contributed by atoms with E-state index in [2.05, 4.69) is 30.0 Å². The van der Waals surface area contributed by atoms with Crippen LogP contribution < -0.4 is 9.80 Å². The number of piperazine rings is 1. The van der Waals surface area contributed by atoms with Crippen LogP contribution in [0.3, 0.4) is 0 Å². The van der Waals surface area contributed by atoms with Crippen molar-refractivity contribution in [1.29, 1.82) is 0 Å². The summed E-state index contributed by atoms with van der Waals surface area (Å²) < 4.78 is 27.9. The van der Waals surface area contributed by atoms with E-state index in [-0.39, 0.29) is 27.4 Å². The van der Waals surface area contributed by atoms with E-state index < -0.39 is 22.1 Å². The summed E-state index contributed by atoms with van der Waals surface area (Å²) >= 11 is 12.3. The minimum absolute atomic E-state index is 0.0543. The molecule has 0 aromatic heterocycles. The van der Waals surface area contributed by atoms with Crippen LogP contribution in [0.25, 0.3) is 0 Å². The quantitative estimate of drug-likeness (QED) is 0.422. The summed E-state index contributed by atoms with van der Waals surface area (Å²) in [6.45, 7) is 5.93. The van der Waals surface area contributed by atoms with Gasteiger partial charge in [-0.2, -0.15) is 0 Å². The molecule has 39 heavy (non-hydrogen) atoms. The minimum Gasteiger partial charge on any atom is -0.368 e. The molecule has 0 saturated carbocycles. The van der Waals surface area contributed by atoms with Crippen LogP contribution >= 0.6 is 23.2 Å². The molecule has 0 unspecified atom stereocenters. The van der Waals surface area contributed by atoms with Crippen molar-refractivity contribution in [1.82, 2.24) is 9.21 Å². The fraction of sp³-hybridized carbons (Fsp3) is 0.286. The largest absolute Gasteiger partial charge is 0.368 e. The molecule has 2 aliphatic rings. The third kappa shape index (κ3) is 5.06. The molecule has 2 fully saturated rings. The Morgan fingerprint density at radius 1 is 0.897 bits per heavy atom. The highest BCUT2D eigenvalue weighted by Gasteiger charge is 2.49. The predicted molar refractivity (Wildman–Crippen MR) is 153 cm³/mol. The SMILES string of the molecule is Cc1ccc(C)c(N2CCN(C(=O)[C@@H]3CN(S(=O)(=O)c4cccc(Cl)c4Cl)C(=O)N3c3ccccc3)CC2)c1. The Hall–Kier alpha value is -3.27. The zero-order valence-electron chi connectivity index (χ0n) is 21.5. The van der Waals surface area contributed by atoms with E-state index in [1.54, 1.807) is 35.2 Å². The average Bonchev–Trinajstić information content (AvgIpc) is 3.29. The fourth-order valence-electron chi connectivity index (χ4n) is 5.08. The van der Waals surface area contributed by atoms with Gasteiger partial charge in [0.15, 0.2) is 0 Å². The highest BCUT2D eigenvalue weighted by molar-refractivity contribution is 7.89. The van der Waals surface area contributed by atoms with E-state index in [1.165, 1.54) is 23.1 Å². The van der Waals surface area contributed by atoms with Gasteiger partial charge in [-0.1, -0.05) is 59.6 Å². The fourth-order valence-corrected chi connectivity index (χ4v) is 7.18. The second-order valence-corrected chi connectivity index (χ2v) is 12.3. The van der Waals surface area contributed by atoms with Crippen molar-refractivity contribution in [3.8, 4) is 0 Å². The number of rotatable bonds is 5. The van der Waals surface area contributed by atoms with E-state index in [0.29, 0.717) is 36.2 Å². The molecule has 204 valence electrons. The first kappa shape index (κ1) is 27.3. The van der Waals surface area contributed by atoms with Gasteiger partial charge in [0.25, 0.3) is 10.0 Å².